The van der Waals surface area contributed by atoms with E-state index in [-0.39, 0.29) is 0 Å². The number of fused-ring (bicyclic) bond motifs is 1. The molecule has 2 rings (SSSR count). The average molecular weight is 153 g/mol. The van der Waals surface area contributed by atoms with Gasteiger partial charge in [0.2, 0.25) is 0 Å². The van der Waals surface area contributed by atoms with Gasteiger partial charge < -0.3 is 0 Å². The molecule has 0 saturated carbocycles. The standard InChI is InChI=1S/C8H11NS/c1-6-7-4-2-3-5-8(7)10-9-6/h2-5H2,1H3. The highest BCUT2D eigenvalue weighted by atomic mass is 32.1. The van der Waals surface area contributed by atoms with Crippen molar-refractivity contribution >= 4 is 11.5 Å². The van der Waals surface area contributed by atoms with Crippen LogP contribution in [0.5, 0.6) is 0 Å². The zero-order valence-electron chi connectivity index (χ0n) is 6.18. The molecule has 0 radical (unpaired) electrons. The quantitative estimate of drug-likeness (QED) is 0.557. The lowest BCUT2D eigenvalue weighted by Crippen LogP contribution is -1.98. The first-order chi connectivity index (χ1) is 4.88. The van der Waals surface area contributed by atoms with Crippen molar-refractivity contribution in [2.75, 3.05) is 0 Å². The molecule has 1 aromatic rings. The molecule has 0 spiro atoms. The van der Waals surface area contributed by atoms with Crippen molar-refractivity contribution < 1.29 is 0 Å². The largest absolute Gasteiger partial charge is 0.197 e. The van der Waals surface area contributed by atoms with Crippen molar-refractivity contribution in [2.45, 2.75) is 32.6 Å². The fraction of sp³-hybridized carbons (Fsp3) is 0.625. The summed E-state index contributed by atoms with van der Waals surface area (Å²) < 4.78 is 4.34. The summed E-state index contributed by atoms with van der Waals surface area (Å²) in [5.41, 5.74) is 2.83. The molecule has 0 unspecified atom stereocenters. The van der Waals surface area contributed by atoms with E-state index in [9.17, 15) is 0 Å². The molecular formula is C8H11NS. The molecule has 1 heterocycles. The Morgan fingerprint density at radius 1 is 1.30 bits per heavy atom. The molecule has 0 bridgehead atoms. The Morgan fingerprint density at radius 2 is 2.10 bits per heavy atom. The lowest BCUT2D eigenvalue weighted by atomic mass is 9.98. The van der Waals surface area contributed by atoms with Crippen LogP contribution in [0.25, 0.3) is 0 Å². The Balaban J connectivity index is 2.45. The molecule has 0 fully saturated rings. The first kappa shape index (κ1) is 6.35. The van der Waals surface area contributed by atoms with Gasteiger partial charge in [-0.15, -0.1) is 0 Å². The first-order valence-electron chi connectivity index (χ1n) is 3.82. The van der Waals surface area contributed by atoms with Gasteiger partial charge in [-0.1, -0.05) is 0 Å². The molecule has 0 aliphatic heterocycles. The van der Waals surface area contributed by atoms with Gasteiger partial charge in [-0.25, -0.2) is 0 Å². The van der Waals surface area contributed by atoms with Crippen LogP contribution in [0.1, 0.15) is 29.0 Å². The molecule has 0 atom stereocenters. The van der Waals surface area contributed by atoms with E-state index < -0.39 is 0 Å². The van der Waals surface area contributed by atoms with Gasteiger partial charge in [-0.05, 0) is 49.7 Å². The van der Waals surface area contributed by atoms with Crippen LogP contribution in [0.2, 0.25) is 0 Å². The summed E-state index contributed by atoms with van der Waals surface area (Å²) in [6.07, 6.45) is 5.29. The van der Waals surface area contributed by atoms with Crippen molar-refractivity contribution in [1.82, 2.24) is 4.37 Å². The number of aryl methyl sites for hydroxylation is 2. The molecule has 2 heteroatoms. The molecule has 0 N–H and O–H groups in total. The third kappa shape index (κ3) is 0.870. The van der Waals surface area contributed by atoms with Crippen molar-refractivity contribution in [3.63, 3.8) is 0 Å². The smallest absolute Gasteiger partial charge is 0.0546 e. The van der Waals surface area contributed by atoms with Crippen molar-refractivity contribution in [3.8, 4) is 0 Å². The molecular weight excluding hydrogens is 142 g/mol. The van der Waals surface area contributed by atoms with Gasteiger partial charge in [-0.2, -0.15) is 4.37 Å². The monoisotopic (exact) mass is 153 g/mol. The van der Waals surface area contributed by atoms with Crippen LogP contribution in [0.15, 0.2) is 0 Å². The van der Waals surface area contributed by atoms with Gasteiger partial charge >= 0.3 is 0 Å². The van der Waals surface area contributed by atoms with Gasteiger partial charge in [0.05, 0.1) is 5.69 Å². The zero-order valence-corrected chi connectivity index (χ0v) is 7.00. The van der Waals surface area contributed by atoms with Gasteiger partial charge in [0.1, 0.15) is 0 Å². The molecule has 54 valence electrons. The molecule has 0 saturated heterocycles. The highest BCUT2D eigenvalue weighted by molar-refractivity contribution is 7.06. The minimum atomic E-state index is 1.28. The third-order valence-electron chi connectivity index (χ3n) is 2.15. The van der Waals surface area contributed by atoms with Crippen LogP contribution in [-0.2, 0) is 12.8 Å². The Kier molecular flexibility index (Phi) is 1.49. The fourth-order valence-corrected chi connectivity index (χ4v) is 2.49. The lowest BCUT2D eigenvalue weighted by molar-refractivity contribution is 0.693. The van der Waals surface area contributed by atoms with Crippen LogP contribution in [0.3, 0.4) is 0 Å². The van der Waals surface area contributed by atoms with Gasteiger partial charge in [0, 0.05) is 4.88 Å². The highest BCUT2D eigenvalue weighted by Gasteiger charge is 2.13. The lowest BCUT2D eigenvalue weighted by Gasteiger charge is -2.08. The fourth-order valence-electron chi connectivity index (χ4n) is 1.54. The van der Waals surface area contributed by atoms with Gasteiger partial charge in [-0.3, -0.25) is 0 Å². The van der Waals surface area contributed by atoms with E-state index in [2.05, 4.69) is 11.3 Å². The second-order valence-corrected chi connectivity index (χ2v) is 3.73. The van der Waals surface area contributed by atoms with E-state index in [0.717, 1.165) is 0 Å². The summed E-state index contributed by atoms with van der Waals surface area (Å²) in [5, 5.41) is 0. The van der Waals surface area contributed by atoms with E-state index in [1.807, 2.05) is 0 Å². The summed E-state index contributed by atoms with van der Waals surface area (Å²) in [7, 11) is 0. The average Bonchev–Trinajstić information content (AvgIpc) is 2.34. The summed E-state index contributed by atoms with van der Waals surface area (Å²) in [4.78, 5) is 1.55. The van der Waals surface area contributed by atoms with E-state index in [1.165, 1.54) is 31.4 Å². The Bertz CT molecular complexity index is 239. The maximum Gasteiger partial charge on any atom is 0.0546 e. The van der Waals surface area contributed by atoms with E-state index in [0.29, 0.717) is 0 Å². The minimum absolute atomic E-state index is 1.28. The molecule has 10 heavy (non-hydrogen) atoms. The molecule has 1 aromatic heterocycles. The topological polar surface area (TPSA) is 12.9 Å². The number of hydrogen-bond acceptors (Lipinski definition) is 2. The second kappa shape index (κ2) is 2.35. The SMILES string of the molecule is Cc1nsc2c1CCCC2. The van der Waals surface area contributed by atoms with Crippen LogP contribution in [0, 0.1) is 6.92 Å². The molecule has 1 aliphatic rings. The van der Waals surface area contributed by atoms with Crippen LogP contribution in [0.4, 0.5) is 0 Å². The Labute approximate surface area is 65.3 Å². The van der Waals surface area contributed by atoms with E-state index >= 15 is 0 Å². The first-order valence-corrected chi connectivity index (χ1v) is 4.59. The van der Waals surface area contributed by atoms with Crippen LogP contribution >= 0.6 is 11.5 Å². The van der Waals surface area contributed by atoms with Crippen molar-refractivity contribution in [1.29, 1.82) is 0 Å². The van der Waals surface area contributed by atoms with Crippen LogP contribution in [-0.4, -0.2) is 4.37 Å². The molecule has 0 amide bonds. The summed E-state index contributed by atoms with van der Waals surface area (Å²) in [6.45, 7) is 2.13. The number of nitrogens with zero attached hydrogens (tertiary/aromatic N) is 1. The maximum absolute atomic E-state index is 4.34. The molecule has 0 aromatic carbocycles. The third-order valence-corrected chi connectivity index (χ3v) is 3.18. The van der Waals surface area contributed by atoms with E-state index in [1.54, 1.807) is 22.0 Å². The summed E-state index contributed by atoms with van der Waals surface area (Å²) in [5.74, 6) is 0. The molecule has 1 nitrogen and oxygen atoms in total. The summed E-state index contributed by atoms with van der Waals surface area (Å²) >= 11 is 1.70. The van der Waals surface area contributed by atoms with Gasteiger partial charge in [0.25, 0.3) is 0 Å². The van der Waals surface area contributed by atoms with Crippen molar-refractivity contribution in [2.24, 2.45) is 0 Å². The van der Waals surface area contributed by atoms with Crippen LogP contribution < -0.4 is 0 Å². The number of hydrogen-bond donors (Lipinski definition) is 0. The Hall–Kier alpha value is -0.370. The normalized spacial score (nSPS) is 16.9. The Morgan fingerprint density at radius 3 is 2.90 bits per heavy atom. The zero-order chi connectivity index (χ0) is 6.97. The second-order valence-electron chi connectivity index (χ2n) is 2.88. The van der Waals surface area contributed by atoms with Gasteiger partial charge in [0.15, 0.2) is 0 Å². The highest BCUT2D eigenvalue weighted by Crippen LogP contribution is 2.26. The van der Waals surface area contributed by atoms with Crippen molar-refractivity contribution in [3.05, 3.63) is 16.1 Å². The summed E-state index contributed by atoms with van der Waals surface area (Å²) in [6, 6.07) is 0. The predicted molar refractivity (Wildman–Crippen MR) is 43.5 cm³/mol. The maximum atomic E-state index is 4.34. The number of aromatic nitrogens is 1. The molecule has 1 aliphatic carbocycles. The van der Waals surface area contributed by atoms with E-state index in [4.69, 9.17) is 0 Å². The minimum Gasteiger partial charge on any atom is -0.197 e. The predicted octanol–water partition coefficient (Wildman–Crippen LogP) is 2.33. The number of rotatable bonds is 0.